The van der Waals surface area contributed by atoms with Crippen LogP contribution >= 0.6 is 11.3 Å². The summed E-state index contributed by atoms with van der Waals surface area (Å²) < 4.78 is 18.3. The third kappa shape index (κ3) is 4.42. The predicted octanol–water partition coefficient (Wildman–Crippen LogP) is 3.93. The maximum absolute atomic E-state index is 13.1. The predicted molar refractivity (Wildman–Crippen MR) is 96.5 cm³/mol. The van der Waals surface area contributed by atoms with Crippen LogP contribution in [0.4, 0.5) is 4.39 Å². The van der Waals surface area contributed by atoms with Crippen LogP contribution in [0.1, 0.15) is 15.4 Å². The van der Waals surface area contributed by atoms with Crippen molar-refractivity contribution in [2.45, 2.75) is 6.42 Å². The molecule has 0 aliphatic rings. The van der Waals surface area contributed by atoms with Crippen LogP contribution in [-0.2, 0) is 6.42 Å². The molecule has 0 saturated carbocycles. The summed E-state index contributed by atoms with van der Waals surface area (Å²) in [4.78, 5) is 16.6. The van der Waals surface area contributed by atoms with E-state index in [9.17, 15) is 9.18 Å². The second kappa shape index (κ2) is 7.90. The van der Waals surface area contributed by atoms with Crippen molar-refractivity contribution in [3.63, 3.8) is 0 Å². The quantitative estimate of drug-likeness (QED) is 0.728. The maximum Gasteiger partial charge on any atom is 0.251 e. The number of benzene rings is 2. The van der Waals surface area contributed by atoms with Crippen LogP contribution in [0.2, 0.25) is 0 Å². The molecule has 1 heterocycles. The third-order valence-corrected chi connectivity index (χ3v) is 4.56. The fourth-order valence-corrected chi connectivity index (χ4v) is 3.14. The minimum Gasteiger partial charge on any atom is -0.497 e. The molecule has 1 aromatic heterocycles. The van der Waals surface area contributed by atoms with Crippen molar-refractivity contribution in [3.05, 3.63) is 70.3 Å². The Morgan fingerprint density at radius 3 is 2.76 bits per heavy atom. The Morgan fingerprint density at radius 2 is 2.04 bits per heavy atom. The molecule has 0 radical (unpaired) electrons. The Morgan fingerprint density at radius 1 is 1.24 bits per heavy atom. The Balaban J connectivity index is 1.55. The lowest BCUT2D eigenvalue weighted by molar-refractivity contribution is 0.0953. The first kappa shape index (κ1) is 17.1. The molecule has 0 aliphatic heterocycles. The van der Waals surface area contributed by atoms with Gasteiger partial charge in [0.15, 0.2) is 0 Å². The number of hydrogen-bond acceptors (Lipinski definition) is 4. The standard InChI is InChI=1S/C19H17FN2O2S/c1-24-16-7-5-13(6-8-16)17-12-25-18(22-17)9-10-21-19(23)14-3-2-4-15(20)11-14/h2-8,11-12H,9-10H2,1H3,(H,21,23). The summed E-state index contributed by atoms with van der Waals surface area (Å²) in [6.07, 6.45) is 0.627. The summed E-state index contributed by atoms with van der Waals surface area (Å²) in [5.41, 5.74) is 2.24. The van der Waals surface area contributed by atoms with Crippen LogP contribution in [0.25, 0.3) is 11.3 Å². The van der Waals surface area contributed by atoms with E-state index in [1.807, 2.05) is 29.6 Å². The number of methoxy groups -OCH3 is 1. The molecule has 1 N–H and O–H groups in total. The van der Waals surface area contributed by atoms with E-state index in [0.717, 1.165) is 22.0 Å². The lowest BCUT2D eigenvalue weighted by Gasteiger charge is -2.04. The summed E-state index contributed by atoms with van der Waals surface area (Å²) in [6, 6.07) is 13.4. The minimum atomic E-state index is -0.420. The van der Waals surface area contributed by atoms with E-state index in [0.29, 0.717) is 18.5 Å². The molecule has 4 nitrogen and oxygen atoms in total. The summed E-state index contributed by atoms with van der Waals surface area (Å²) in [5.74, 6) is 0.0994. The largest absolute Gasteiger partial charge is 0.497 e. The molecule has 0 saturated heterocycles. The Labute approximate surface area is 149 Å². The molecule has 0 bridgehead atoms. The summed E-state index contributed by atoms with van der Waals surface area (Å²) in [6.45, 7) is 0.449. The van der Waals surface area contributed by atoms with Crippen molar-refractivity contribution in [2.75, 3.05) is 13.7 Å². The molecule has 0 fully saturated rings. The highest BCUT2D eigenvalue weighted by atomic mass is 32.1. The normalized spacial score (nSPS) is 10.5. The van der Waals surface area contributed by atoms with Crippen molar-refractivity contribution < 1.29 is 13.9 Å². The number of carbonyl (C=O) groups is 1. The van der Waals surface area contributed by atoms with Gasteiger partial charge in [-0.05, 0) is 42.5 Å². The van der Waals surface area contributed by atoms with Crippen LogP contribution in [0.5, 0.6) is 5.75 Å². The molecule has 3 rings (SSSR count). The SMILES string of the molecule is COc1ccc(-c2csc(CCNC(=O)c3cccc(F)c3)n2)cc1. The van der Waals surface area contributed by atoms with E-state index >= 15 is 0 Å². The lowest BCUT2D eigenvalue weighted by atomic mass is 10.2. The van der Waals surface area contributed by atoms with Gasteiger partial charge < -0.3 is 10.1 Å². The maximum atomic E-state index is 13.1. The molecular weight excluding hydrogens is 339 g/mol. The molecule has 128 valence electrons. The molecule has 0 atom stereocenters. The van der Waals surface area contributed by atoms with E-state index in [2.05, 4.69) is 10.3 Å². The smallest absolute Gasteiger partial charge is 0.251 e. The minimum absolute atomic E-state index is 0.286. The van der Waals surface area contributed by atoms with Gasteiger partial charge in [0.2, 0.25) is 0 Å². The van der Waals surface area contributed by atoms with Crippen molar-refractivity contribution in [2.24, 2.45) is 0 Å². The number of rotatable bonds is 6. The molecule has 6 heteroatoms. The Hall–Kier alpha value is -2.73. The van der Waals surface area contributed by atoms with Gasteiger partial charge in [0.25, 0.3) is 5.91 Å². The number of thiazole rings is 1. The first-order valence-corrected chi connectivity index (χ1v) is 8.66. The molecule has 2 aromatic carbocycles. The number of nitrogens with zero attached hydrogens (tertiary/aromatic N) is 1. The van der Waals surface area contributed by atoms with Crippen LogP contribution in [-0.4, -0.2) is 24.5 Å². The van der Waals surface area contributed by atoms with E-state index in [-0.39, 0.29) is 5.91 Å². The van der Waals surface area contributed by atoms with E-state index in [1.165, 1.54) is 18.2 Å². The number of hydrogen-bond donors (Lipinski definition) is 1. The first-order chi connectivity index (χ1) is 12.2. The third-order valence-electron chi connectivity index (χ3n) is 3.65. The average Bonchev–Trinajstić information content (AvgIpc) is 3.10. The van der Waals surface area contributed by atoms with Crippen molar-refractivity contribution in [3.8, 4) is 17.0 Å². The van der Waals surface area contributed by atoms with Gasteiger partial charge in [-0.15, -0.1) is 11.3 Å². The zero-order valence-electron chi connectivity index (χ0n) is 13.7. The highest BCUT2D eigenvalue weighted by molar-refractivity contribution is 7.09. The molecule has 25 heavy (non-hydrogen) atoms. The fraction of sp³-hybridized carbons (Fsp3) is 0.158. The monoisotopic (exact) mass is 356 g/mol. The second-order valence-corrected chi connectivity index (χ2v) is 6.31. The van der Waals surface area contributed by atoms with Gasteiger partial charge in [-0.1, -0.05) is 6.07 Å². The molecule has 0 aliphatic carbocycles. The number of nitrogens with one attached hydrogen (secondary N) is 1. The Bertz CT molecular complexity index is 862. The van der Waals surface area contributed by atoms with E-state index < -0.39 is 5.82 Å². The van der Waals surface area contributed by atoms with Crippen LogP contribution in [0.3, 0.4) is 0 Å². The number of aromatic nitrogens is 1. The number of carbonyl (C=O) groups excluding carboxylic acids is 1. The lowest BCUT2D eigenvalue weighted by Crippen LogP contribution is -2.25. The van der Waals surface area contributed by atoms with Gasteiger partial charge in [-0.2, -0.15) is 0 Å². The highest BCUT2D eigenvalue weighted by Gasteiger charge is 2.08. The zero-order valence-corrected chi connectivity index (χ0v) is 14.5. The topological polar surface area (TPSA) is 51.2 Å². The number of ether oxygens (including phenoxy) is 1. The van der Waals surface area contributed by atoms with Crippen LogP contribution in [0, 0.1) is 5.82 Å². The number of halogens is 1. The van der Waals surface area contributed by atoms with Gasteiger partial charge in [-0.3, -0.25) is 4.79 Å². The summed E-state index contributed by atoms with van der Waals surface area (Å²) in [5, 5.41) is 5.71. The first-order valence-electron chi connectivity index (χ1n) is 7.78. The van der Waals surface area contributed by atoms with Crippen LogP contribution in [0.15, 0.2) is 53.9 Å². The van der Waals surface area contributed by atoms with E-state index in [4.69, 9.17) is 4.74 Å². The highest BCUT2D eigenvalue weighted by Crippen LogP contribution is 2.24. The van der Waals surface area contributed by atoms with Gasteiger partial charge in [0, 0.05) is 29.5 Å². The van der Waals surface area contributed by atoms with Gasteiger partial charge >= 0.3 is 0 Å². The van der Waals surface area contributed by atoms with Crippen molar-refractivity contribution in [1.82, 2.24) is 10.3 Å². The van der Waals surface area contributed by atoms with Crippen LogP contribution < -0.4 is 10.1 Å². The Kier molecular flexibility index (Phi) is 5.40. The fourth-order valence-electron chi connectivity index (χ4n) is 2.33. The molecule has 3 aromatic rings. The molecule has 1 amide bonds. The van der Waals surface area contributed by atoms with Gasteiger partial charge in [0.1, 0.15) is 11.6 Å². The summed E-state index contributed by atoms with van der Waals surface area (Å²) >= 11 is 1.55. The van der Waals surface area contributed by atoms with Crippen molar-refractivity contribution in [1.29, 1.82) is 0 Å². The van der Waals surface area contributed by atoms with Gasteiger partial charge in [0.05, 0.1) is 17.8 Å². The van der Waals surface area contributed by atoms with Crippen molar-refractivity contribution >= 4 is 17.2 Å². The average molecular weight is 356 g/mol. The second-order valence-electron chi connectivity index (χ2n) is 5.37. The molecular formula is C19H17FN2O2S. The summed E-state index contributed by atoms with van der Waals surface area (Å²) in [7, 11) is 1.63. The van der Waals surface area contributed by atoms with E-state index in [1.54, 1.807) is 24.5 Å². The number of amides is 1. The molecule has 0 spiro atoms. The van der Waals surface area contributed by atoms with Gasteiger partial charge in [-0.25, -0.2) is 9.37 Å². The zero-order chi connectivity index (χ0) is 17.6. The molecule has 0 unspecified atom stereocenters.